The Balaban J connectivity index is 1.74. The van der Waals surface area contributed by atoms with E-state index < -0.39 is 11.1 Å². The predicted octanol–water partition coefficient (Wildman–Crippen LogP) is 3.00. The molecule has 2 aromatic heterocycles. The average Bonchev–Trinajstić information content (AvgIpc) is 2.92. The maximum atomic E-state index is 13.6. The van der Waals surface area contributed by atoms with Crippen LogP contribution in [0.1, 0.15) is 18.3 Å². The smallest absolute Gasteiger partial charge is 0.253 e. The highest BCUT2D eigenvalue weighted by Gasteiger charge is 2.19. The molecule has 1 aromatic carbocycles. The lowest BCUT2D eigenvalue weighted by Crippen LogP contribution is -2.23. The fourth-order valence-corrected chi connectivity index (χ4v) is 2.95. The molecule has 0 bridgehead atoms. The van der Waals surface area contributed by atoms with Crippen molar-refractivity contribution in [1.29, 1.82) is 0 Å². The number of fused-ring (bicyclic) bond motifs is 1. The number of benzene rings is 1. The zero-order chi connectivity index (χ0) is 17.3. The molecule has 0 aliphatic carbocycles. The highest BCUT2D eigenvalue weighted by Crippen LogP contribution is 2.22. The number of carbonyl (C=O) groups is 1. The lowest BCUT2D eigenvalue weighted by atomic mass is 10.3. The summed E-state index contributed by atoms with van der Waals surface area (Å²) in [4.78, 5) is 20.9. The van der Waals surface area contributed by atoms with Gasteiger partial charge in [-0.1, -0.05) is 23.9 Å². The monoisotopic (exact) mass is 345 g/mol. The first-order valence-corrected chi connectivity index (χ1v) is 8.25. The van der Waals surface area contributed by atoms with E-state index in [9.17, 15) is 9.18 Å². The van der Waals surface area contributed by atoms with Gasteiger partial charge in [-0.15, -0.1) is 5.10 Å². The Labute approximate surface area is 142 Å². The Kier molecular flexibility index (Phi) is 4.48. The molecular formula is C16H16FN5OS. The maximum Gasteiger partial charge on any atom is 0.253 e. The number of nitrogens with zero attached hydrogens (tertiary/aromatic N) is 4. The van der Waals surface area contributed by atoms with Gasteiger partial charge >= 0.3 is 0 Å². The summed E-state index contributed by atoms with van der Waals surface area (Å²) in [6, 6.07) is 7.96. The molecule has 0 spiro atoms. The van der Waals surface area contributed by atoms with Gasteiger partial charge in [0.15, 0.2) is 0 Å². The number of aromatic nitrogens is 4. The fourth-order valence-electron chi connectivity index (χ4n) is 2.21. The molecule has 0 fully saturated rings. The number of rotatable bonds is 4. The van der Waals surface area contributed by atoms with Crippen LogP contribution in [0.3, 0.4) is 0 Å². The first kappa shape index (κ1) is 16.4. The van der Waals surface area contributed by atoms with E-state index in [2.05, 4.69) is 20.4 Å². The third-order valence-electron chi connectivity index (χ3n) is 3.38. The van der Waals surface area contributed by atoms with Crippen molar-refractivity contribution < 1.29 is 9.18 Å². The molecule has 1 amide bonds. The molecule has 0 aliphatic rings. The van der Waals surface area contributed by atoms with Gasteiger partial charge in [0.1, 0.15) is 5.82 Å². The Morgan fingerprint density at radius 3 is 2.79 bits per heavy atom. The van der Waals surface area contributed by atoms with Crippen LogP contribution < -0.4 is 5.32 Å². The zero-order valence-corrected chi connectivity index (χ0v) is 14.3. The molecule has 0 saturated heterocycles. The third-order valence-corrected chi connectivity index (χ3v) is 4.33. The van der Waals surface area contributed by atoms with Gasteiger partial charge in [0.25, 0.3) is 5.78 Å². The summed E-state index contributed by atoms with van der Waals surface area (Å²) in [6.07, 6.45) is 0. The number of hydrogen-bond acceptors (Lipinski definition) is 5. The van der Waals surface area contributed by atoms with E-state index in [1.807, 2.05) is 19.9 Å². The van der Waals surface area contributed by atoms with Crippen molar-refractivity contribution in [3.8, 4) is 0 Å². The second kappa shape index (κ2) is 6.56. The van der Waals surface area contributed by atoms with Crippen LogP contribution in [0.4, 0.5) is 10.1 Å². The van der Waals surface area contributed by atoms with Gasteiger partial charge in [-0.3, -0.25) is 4.79 Å². The topological polar surface area (TPSA) is 72.2 Å². The highest BCUT2D eigenvalue weighted by molar-refractivity contribution is 8.00. The fraction of sp³-hybridized carbons (Fsp3) is 0.250. The number of nitrogens with one attached hydrogen (secondary N) is 1. The minimum atomic E-state index is -0.483. The summed E-state index contributed by atoms with van der Waals surface area (Å²) >= 11 is 1.20. The van der Waals surface area contributed by atoms with Crippen LogP contribution in [0.15, 0.2) is 35.5 Å². The van der Waals surface area contributed by atoms with Crippen LogP contribution in [0.2, 0.25) is 0 Å². The molecule has 0 unspecified atom stereocenters. The minimum absolute atomic E-state index is 0.158. The van der Waals surface area contributed by atoms with E-state index in [1.165, 1.54) is 23.9 Å². The standard InChI is InChI=1S/C16H16FN5OS/c1-9-8-10(2)22-15(18-9)20-16(21-22)24-11(3)14(23)19-13-7-5-4-6-12(13)17/h4-8,11H,1-3H3,(H,19,23)/t11-/m0/s1. The van der Waals surface area contributed by atoms with Crippen molar-refractivity contribution in [1.82, 2.24) is 19.6 Å². The van der Waals surface area contributed by atoms with Crippen LogP contribution in [0.25, 0.3) is 5.78 Å². The van der Waals surface area contributed by atoms with Gasteiger partial charge in [0.05, 0.1) is 10.9 Å². The largest absolute Gasteiger partial charge is 0.323 e. The number of halogens is 1. The van der Waals surface area contributed by atoms with E-state index in [1.54, 1.807) is 23.6 Å². The summed E-state index contributed by atoms with van der Waals surface area (Å²) in [5.41, 5.74) is 1.93. The number of hydrogen-bond donors (Lipinski definition) is 1. The van der Waals surface area contributed by atoms with E-state index in [0.717, 1.165) is 11.4 Å². The first-order valence-electron chi connectivity index (χ1n) is 7.37. The van der Waals surface area contributed by atoms with E-state index in [0.29, 0.717) is 10.9 Å². The number of anilines is 1. The van der Waals surface area contributed by atoms with Crippen molar-refractivity contribution in [3.63, 3.8) is 0 Å². The number of aryl methyl sites for hydroxylation is 2. The van der Waals surface area contributed by atoms with Crippen LogP contribution in [0, 0.1) is 19.7 Å². The molecule has 124 valence electrons. The van der Waals surface area contributed by atoms with Crippen LogP contribution in [-0.2, 0) is 4.79 Å². The SMILES string of the molecule is Cc1cc(C)n2nc(S[C@@H](C)C(=O)Nc3ccccc3F)nc2n1. The van der Waals surface area contributed by atoms with Crippen molar-refractivity contribution >= 4 is 29.1 Å². The number of carbonyl (C=O) groups excluding carboxylic acids is 1. The molecular weight excluding hydrogens is 329 g/mol. The normalized spacial score (nSPS) is 12.3. The Morgan fingerprint density at radius 1 is 1.29 bits per heavy atom. The zero-order valence-electron chi connectivity index (χ0n) is 13.4. The van der Waals surface area contributed by atoms with Gasteiger partial charge < -0.3 is 5.32 Å². The van der Waals surface area contributed by atoms with Gasteiger partial charge in [-0.2, -0.15) is 4.98 Å². The Hall–Kier alpha value is -2.48. The van der Waals surface area contributed by atoms with Crippen molar-refractivity contribution in [3.05, 3.63) is 47.5 Å². The van der Waals surface area contributed by atoms with E-state index in [4.69, 9.17) is 0 Å². The first-order chi connectivity index (χ1) is 11.4. The molecule has 0 aliphatic heterocycles. The number of amides is 1. The summed E-state index contributed by atoms with van der Waals surface area (Å²) in [6.45, 7) is 5.52. The molecule has 6 nitrogen and oxygen atoms in total. The highest BCUT2D eigenvalue weighted by atomic mass is 32.2. The minimum Gasteiger partial charge on any atom is -0.323 e. The van der Waals surface area contributed by atoms with Gasteiger partial charge in [0, 0.05) is 11.4 Å². The van der Waals surface area contributed by atoms with Crippen molar-refractivity contribution in [2.24, 2.45) is 0 Å². The van der Waals surface area contributed by atoms with Crippen LogP contribution >= 0.6 is 11.8 Å². The van der Waals surface area contributed by atoms with Gasteiger partial charge in [0.2, 0.25) is 11.1 Å². The summed E-state index contributed by atoms with van der Waals surface area (Å²) in [5, 5.41) is 6.89. The molecule has 0 radical (unpaired) electrons. The third kappa shape index (κ3) is 3.38. The van der Waals surface area contributed by atoms with E-state index in [-0.39, 0.29) is 11.6 Å². The second-order valence-corrected chi connectivity index (χ2v) is 6.68. The van der Waals surface area contributed by atoms with Crippen LogP contribution in [-0.4, -0.2) is 30.7 Å². The summed E-state index contributed by atoms with van der Waals surface area (Å²) < 4.78 is 15.2. The average molecular weight is 345 g/mol. The lowest BCUT2D eigenvalue weighted by Gasteiger charge is -2.10. The summed E-state index contributed by atoms with van der Waals surface area (Å²) in [5.74, 6) is -0.286. The molecule has 1 N–H and O–H groups in total. The molecule has 24 heavy (non-hydrogen) atoms. The number of thioether (sulfide) groups is 1. The van der Waals surface area contributed by atoms with Crippen molar-refractivity contribution in [2.75, 3.05) is 5.32 Å². The van der Waals surface area contributed by atoms with Crippen molar-refractivity contribution in [2.45, 2.75) is 31.2 Å². The molecule has 3 aromatic rings. The lowest BCUT2D eigenvalue weighted by molar-refractivity contribution is -0.115. The number of para-hydroxylation sites is 1. The quantitative estimate of drug-likeness (QED) is 0.736. The maximum absolute atomic E-state index is 13.6. The Bertz CT molecular complexity index is 911. The molecule has 1 atom stereocenters. The molecule has 0 saturated carbocycles. The molecule has 8 heteroatoms. The predicted molar refractivity (Wildman–Crippen MR) is 90.6 cm³/mol. The van der Waals surface area contributed by atoms with Crippen LogP contribution in [0.5, 0.6) is 0 Å². The summed E-state index contributed by atoms with van der Waals surface area (Å²) in [7, 11) is 0. The molecule has 2 heterocycles. The molecule has 3 rings (SSSR count). The van der Waals surface area contributed by atoms with E-state index >= 15 is 0 Å². The van der Waals surface area contributed by atoms with Gasteiger partial charge in [-0.05, 0) is 39.0 Å². The Morgan fingerprint density at radius 2 is 2.04 bits per heavy atom. The second-order valence-electron chi connectivity index (χ2n) is 5.37. The van der Waals surface area contributed by atoms with Gasteiger partial charge in [-0.25, -0.2) is 13.9 Å².